The molecule has 0 spiro atoms. The van der Waals surface area contributed by atoms with Crippen molar-refractivity contribution < 1.29 is 19.1 Å². The van der Waals surface area contributed by atoms with Crippen molar-refractivity contribution in [3.8, 4) is 5.75 Å². The van der Waals surface area contributed by atoms with E-state index in [2.05, 4.69) is 9.80 Å². The Labute approximate surface area is 204 Å². The van der Waals surface area contributed by atoms with Gasteiger partial charge in [0.2, 0.25) is 11.8 Å². The molecule has 3 fully saturated rings. The maximum Gasteiger partial charge on any atom is 0.228 e. The molecular weight excluding hydrogens is 430 g/mol. The standard InChI is InChI=1S/C27H41N3O4/c1-28-25(31)18-23(26(28)20-10-12-22(34-3)13-11-20)27(32)30(16-7-17-33-2)19-21-8-6-15-29-14-5-4-9-24(21)29/h10-13,21,23-24,26H,4-9,14-19H2,1-3H3/t21-,23-,24+,26+/m0/s1. The number of benzene rings is 1. The Morgan fingerprint density at radius 3 is 2.59 bits per heavy atom. The molecule has 1 aromatic carbocycles. The molecule has 0 N–H and O–H groups in total. The summed E-state index contributed by atoms with van der Waals surface area (Å²) < 4.78 is 10.6. The Morgan fingerprint density at radius 2 is 1.85 bits per heavy atom. The van der Waals surface area contributed by atoms with E-state index in [-0.39, 0.29) is 30.2 Å². The van der Waals surface area contributed by atoms with Crippen LogP contribution in [0.4, 0.5) is 0 Å². The number of carbonyl (C=O) groups is 2. The summed E-state index contributed by atoms with van der Waals surface area (Å²) in [6.07, 6.45) is 7.29. The molecule has 4 rings (SSSR count). The van der Waals surface area contributed by atoms with Crippen LogP contribution in [-0.4, -0.2) is 86.6 Å². The minimum atomic E-state index is -0.362. The lowest BCUT2D eigenvalue weighted by molar-refractivity contribution is -0.138. The number of carbonyl (C=O) groups excluding carboxylic acids is 2. The van der Waals surface area contributed by atoms with Crippen LogP contribution in [0.2, 0.25) is 0 Å². The molecule has 4 atom stereocenters. The number of nitrogens with zero attached hydrogens (tertiary/aromatic N) is 3. The van der Waals surface area contributed by atoms with E-state index < -0.39 is 0 Å². The molecule has 3 aliphatic heterocycles. The van der Waals surface area contributed by atoms with Gasteiger partial charge in [0, 0.05) is 46.3 Å². The molecule has 7 nitrogen and oxygen atoms in total. The van der Waals surface area contributed by atoms with Gasteiger partial charge in [0.25, 0.3) is 0 Å². The van der Waals surface area contributed by atoms with Crippen molar-refractivity contribution in [2.24, 2.45) is 11.8 Å². The molecule has 2 amide bonds. The zero-order valence-corrected chi connectivity index (χ0v) is 21.1. The molecular formula is C27H41N3O4. The minimum absolute atomic E-state index is 0.0344. The second-order valence-electron chi connectivity index (χ2n) is 10.2. The normalized spacial score (nSPS) is 27.5. The van der Waals surface area contributed by atoms with Gasteiger partial charge >= 0.3 is 0 Å². The van der Waals surface area contributed by atoms with E-state index in [9.17, 15) is 9.59 Å². The highest BCUT2D eigenvalue weighted by atomic mass is 16.5. The molecule has 3 heterocycles. The molecule has 0 unspecified atom stereocenters. The van der Waals surface area contributed by atoms with Gasteiger partial charge in [0.05, 0.1) is 19.1 Å². The van der Waals surface area contributed by atoms with Crippen molar-refractivity contribution in [3.05, 3.63) is 29.8 Å². The first-order chi connectivity index (χ1) is 16.5. The summed E-state index contributed by atoms with van der Waals surface area (Å²) in [4.78, 5) is 33.3. The molecule has 34 heavy (non-hydrogen) atoms. The van der Waals surface area contributed by atoms with Gasteiger partial charge in [-0.2, -0.15) is 0 Å². The zero-order valence-electron chi connectivity index (χ0n) is 21.1. The van der Waals surface area contributed by atoms with E-state index >= 15 is 0 Å². The maximum absolute atomic E-state index is 14.0. The van der Waals surface area contributed by atoms with E-state index in [4.69, 9.17) is 9.47 Å². The van der Waals surface area contributed by atoms with Gasteiger partial charge < -0.3 is 24.2 Å². The Hall–Kier alpha value is -2.12. The quantitative estimate of drug-likeness (QED) is 0.517. The highest BCUT2D eigenvalue weighted by molar-refractivity contribution is 5.90. The Kier molecular flexibility index (Phi) is 8.48. The third-order valence-corrected chi connectivity index (χ3v) is 8.13. The Morgan fingerprint density at radius 1 is 1.09 bits per heavy atom. The van der Waals surface area contributed by atoms with Crippen LogP contribution in [0.1, 0.15) is 56.6 Å². The maximum atomic E-state index is 14.0. The van der Waals surface area contributed by atoms with Crippen molar-refractivity contribution >= 4 is 11.8 Å². The van der Waals surface area contributed by atoms with Gasteiger partial charge in [-0.3, -0.25) is 9.59 Å². The fourth-order valence-electron chi connectivity index (χ4n) is 6.35. The number of methoxy groups -OCH3 is 2. The van der Waals surface area contributed by atoms with Crippen molar-refractivity contribution in [2.75, 3.05) is 54.1 Å². The average molecular weight is 472 g/mol. The van der Waals surface area contributed by atoms with Crippen LogP contribution in [0.15, 0.2) is 24.3 Å². The average Bonchev–Trinajstić information content (AvgIpc) is 3.17. The van der Waals surface area contributed by atoms with Crippen molar-refractivity contribution in [3.63, 3.8) is 0 Å². The fraction of sp³-hybridized carbons (Fsp3) is 0.704. The predicted molar refractivity (Wildman–Crippen MR) is 132 cm³/mol. The number of amides is 2. The first-order valence-corrected chi connectivity index (χ1v) is 12.9. The predicted octanol–water partition coefficient (Wildman–Crippen LogP) is 3.34. The van der Waals surface area contributed by atoms with E-state index in [1.54, 1.807) is 19.1 Å². The molecule has 188 valence electrons. The summed E-state index contributed by atoms with van der Waals surface area (Å²) in [6.45, 7) is 4.49. The number of likely N-dealkylation sites (tertiary alicyclic amines) is 1. The van der Waals surface area contributed by atoms with E-state index in [0.717, 1.165) is 24.3 Å². The summed E-state index contributed by atoms with van der Waals surface area (Å²) in [5.41, 5.74) is 0.987. The van der Waals surface area contributed by atoms with Crippen LogP contribution in [0.5, 0.6) is 5.75 Å². The third kappa shape index (κ3) is 5.41. The summed E-state index contributed by atoms with van der Waals surface area (Å²) >= 11 is 0. The lowest BCUT2D eigenvalue weighted by Gasteiger charge is -2.46. The third-order valence-electron chi connectivity index (χ3n) is 8.13. The summed E-state index contributed by atoms with van der Waals surface area (Å²) in [5, 5.41) is 0. The summed E-state index contributed by atoms with van der Waals surface area (Å²) in [7, 11) is 5.17. The monoisotopic (exact) mass is 471 g/mol. The largest absolute Gasteiger partial charge is 0.497 e. The Bertz CT molecular complexity index is 828. The molecule has 3 aliphatic rings. The molecule has 7 heteroatoms. The molecule has 0 saturated carbocycles. The Balaban J connectivity index is 1.54. The SMILES string of the molecule is COCCCN(C[C@@H]1CCCN2CCCC[C@H]12)C(=O)[C@H]1CC(=O)N(C)[C@@H]1c1ccc(OC)cc1. The van der Waals surface area contributed by atoms with Gasteiger partial charge in [-0.05, 0) is 68.8 Å². The van der Waals surface area contributed by atoms with Crippen molar-refractivity contribution in [1.29, 1.82) is 0 Å². The topological polar surface area (TPSA) is 62.3 Å². The minimum Gasteiger partial charge on any atom is -0.497 e. The van der Waals surface area contributed by atoms with E-state index in [0.29, 0.717) is 25.1 Å². The summed E-state index contributed by atoms with van der Waals surface area (Å²) in [6, 6.07) is 8.12. The lowest BCUT2D eigenvalue weighted by atomic mass is 9.83. The van der Waals surface area contributed by atoms with Crippen LogP contribution >= 0.6 is 0 Å². The van der Waals surface area contributed by atoms with Crippen LogP contribution in [-0.2, 0) is 14.3 Å². The first kappa shape index (κ1) is 25.0. The number of fused-ring (bicyclic) bond motifs is 1. The van der Waals surface area contributed by atoms with Crippen molar-refractivity contribution in [2.45, 2.75) is 57.0 Å². The molecule has 0 aromatic heterocycles. The first-order valence-electron chi connectivity index (χ1n) is 12.9. The van der Waals surface area contributed by atoms with E-state index in [1.807, 2.05) is 31.3 Å². The zero-order chi connectivity index (χ0) is 24.1. The summed E-state index contributed by atoms with van der Waals surface area (Å²) in [5.74, 6) is 1.07. The van der Waals surface area contributed by atoms with Gasteiger partial charge in [0.15, 0.2) is 0 Å². The van der Waals surface area contributed by atoms with Gasteiger partial charge in [-0.25, -0.2) is 0 Å². The fourth-order valence-corrected chi connectivity index (χ4v) is 6.35. The van der Waals surface area contributed by atoms with Gasteiger partial charge in [0.1, 0.15) is 5.75 Å². The highest BCUT2D eigenvalue weighted by Gasteiger charge is 2.45. The second-order valence-corrected chi connectivity index (χ2v) is 10.2. The van der Waals surface area contributed by atoms with Gasteiger partial charge in [-0.15, -0.1) is 0 Å². The van der Waals surface area contributed by atoms with Crippen LogP contribution in [0.25, 0.3) is 0 Å². The number of rotatable bonds is 9. The van der Waals surface area contributed by atoms with Crippen LogP contribution in [0.3, 0.4) is 0 Å². The molecule has 3 saturated heterocycles. The van der Waals surface area contributed by atoms with E-state index in [1.165, 1.54) is 45.2 Å². The van der Waals surface area contributed by atoms with Crippen LogP contribution < -0.4 is 4.74 Å². The molecule has 0 radical (unpaired) electrons. The molecule has 0 aliphatic carbocycles. The number of piperidine rings is 2. The lowest BCUT2D eigenvalue weighted by Crippen LogP contribution is -2.52. The smallest absolute Gasteiger partial charge is 0.228 e. The molecule has 0 bridgehead atoms. The van der Waals surface area contributed by atoms with Gasteiger partial charge in [-0.1, -0.05) is 18.6 Å². The highest BCUT2D eigenvalue weighted by Crippen LogP contribution is 2.39. The number of hydrogen-bond acceptors (Lipinski definition) is 5. The van der Waals surface area contributed by atoms with Crippen molar-refractivity contribution in [1.82, 2.24) is 14.7 Å². The number of ether oxygens (including phenoxy) is 2. The number of hydrogen-bond donors (Lipinski definition) is 0. The second kappa shape index (κ2) is 11.5. The molecule has 1 aromatic rings. The van der Waals surface area contributed by atoms with Crippen LogP contribution in [0, 0.1) is 11.8 Å².